The molecule has 0 bridgehead atoms. The van der Waals surface area contributed by atoms with Gasteiger partial charge in [-0.3, -0.25) is 9.59 Å². The predicted molar refractivity (Wildman–Crippen MR) is 192 cm³/mol. The second kappa shape index (κ2) is 21.1. The van der Waals surface area contributed by atoms with Gasteiger partial charge in [-0.2, -0.15) is 87.8 Å². The highest BCUT2D eigenvalue weighted by Gasteiger charge is 2.95. The zero-order chi connectivity index (χ0) is 51.2. The van der Waals surface area contributed by atoms with E-state index in [1.807, 2.05) is 5.32 Å². The van der Waals surface area contributed by atoms with Crippen LogP contribution in [0.25, 0.3) is 0 Å². The van der Waals surface area contributed by atoms with Crippen LogP contribution in [0.5, 0.6) is 0 Å². The molecule has 0 saturated carbocycles. The van der Waals surface area contributed by atoms with Crippen molar-refractivity contribution in [3.05, 3.63) is 35.9 Å². The summed E-state index contributed by atoms with van der Waals surface area (Å²) in [6.07, 6.45) is -17.1. The number of alkyl halides is 20. The Morgan fingerprint density at radius 3 is 1.55 bits per heavy atom. The van der Waals surface area contributed by atoms with Gasteiger partial charge >= 0.3 is 65.7 Å². The largest absolute Gasteiger partial charge is 0.464 e. The first-order valence-corrected chi connectivity index (χ1v) is 22.6. The number of amides is 1. The Labute approximate surface area is 359 Å². The Morgan fingerprint density at radius 2 is 1.11 bits per heavy atom. The Morgan fingerprint density at radius 1 is 0.631 bits per heavy atom. The minimum Gasteiger partial charge on any atom is -0.464 e. The highest BCUT2D eigenvalue weighted by molar-refractivity contribution is 6.77. The van der Waals surface area contributed by atoms with Gasteiger partial charge in [0.05, 0.1) is 14.7 Å². The monoisotopic (exact) mass is 1010 g/mol. The van der Waals surface area contributed by atoms with Crippen LogP contribution in [0.3, 0.4) is 0 Å². The summed E-state index contributed by atoms with van der Waals surface area (Å²) < 4.78 is 284. The van der Waals surface area contributed by atoms with Crippen LogP contribution in [-0.4, -0.2) is 105 Å². The maximum Gasteiger partial charge on any atom is 0.460 e. The van der Waals surface area contributed by atoms with Crippen LogP contribution in [0, 0.1) is 17.8 Å². The zero-order valence-electron chi connectivity index (χ0n) is 35.0. The average molecular weight is 1010 g/mol. The maximum atomic E-state index is 14.4. The molecule has 1 rings (SSSR count). The molecule has 378 valence electrons. The summed E-state index contributed by atoms with van der Waals surface area (Å²) in [7, 11) is -3.19. The van der Waals surface area contributed by atoms with E-state index >= 15 is 0 Å². The maximum absolute atomic E-state index is 14.4. The normalized spacial score (nSPS) is 15.8. The van der Waals surface area contributed by atoms with E-state index < -0.39 is 136 Å². The van der Waals surface area contributed by atoms with Gasteiger partial charge in [0.15, 0.2) is 0 Å². The summed E-state index contributed by atoms with van der Waals surface area (Å²) >= 11 is 0. The number of carbonyl (C=O) groups is 3. The molecule has 0 radical (unpaired) electrons. The summed E-state index contributed by atoms with van der Waals surface area (Å²) in [5.41, 5.74) is 0.571. The number of esters is 2. The lowest BCUT2D eigenvalue weighted by Gasteiger charge is -2.42. The number of halogens is 20. The van der Waals surface area contributed by atoms with E-state index in [1.54, 1.807) is 44.2 Å². The molecular weight excluding hydrogens is 960 g/mol. The zero-order valence-corrected chi connectivity index (χ0v) is 36.0. The van der Waals surface area contributed by atoms with Gasteiger partial charge in [0, 0.05) is 13.0 Å². The van der Waals surface area contributed by atoms with Crippen molar-refractivity contribution in [1.82, 2.24) is 10.6 Å². The first kappa shape index (κ1) is 59.4. The fourth-order valence-electron chi connectivity index (χ4n) is 5.72. The van der Waals surface area contributed by atoms with Crippen LogP contribution in [0.1, 0.15) is 52.5 Å². The number of hydrogen-bond donors (Lipinski definition) is 2. The molecule has 1 aromatic rings. The molecule has 65 heavy (non-hydrogen) atoms. The van der Waals surface area contributed by atoms with Crippen molar-refractivity contribution in [3.8, 4) is 0 Å². The van der Waals surface area contributed by atoms with E-state index in [0.717, 1.165) is 0 Å². The lowest BCUT2D eigenvalue weighted by Crippen LogP contribution is -2.74. The molecule has 7 nitrogen and oxygen atoms in total. The van der Waals surface area contributed by atoms with Gasteiger partial charge in [-0.25, -0.2) is 4.79 Å². The van der Waals surface area contributed by atoms with Gasteiger partial charge in [-0.1, -0.05) is 77.2 Å². The third-order valence-electron chi connectivity index (χ3n) is 9.87. The molecule has 0 saturated heterocycles. The molecule has 0 unspecified atom stereocenters. The van der Waals surface area contributed by atoms with Crippen molar-refractivity contribution in [2.24, 2.45) is 17.8 Å². The molecule has 0 aliphatic heterocycles. The van der Waals surface area contributed by atoms with Crippen molar-refractivity contribution in [2.45, 2.75) is 145 Å². The molecule has 3 atom stereocenters. The summed E-state index contributed by atoms with van der Waals surface area (Å²) in [4.78, 5) is 38.7. The fourth-order valence-corrected chi connectivity index (χ4v) is 7.76. The van der Waals surface area contributed by atoms with Crippen molar-refractivity contribution < 1.29 is 112 Å². The van der Waals surface area contributed by atoms with E-state index in [0.29, 0.717) is 5.56 Å². The van der Waals surface area contributed by atoms with Crippen LogP contribution in [0.15, 0.2) is 30.3 Å². The topological polar surface area (TPSA) is 93.7 Å². The number of hydrogen-bond acceptors (Lipinski definition) is 6. The molecule has 2 N–H and O–H groups in total. The smallest absolute Gasteiger partial charge is 0.460 e. The lowest BCUT2D eigenvalue weighted by molar-refractivity contribution is -0.461. The number of nitrogens with one attached hydrogen (secondary N) is 2. The number of ether oxygens (including phenoxy) is 2. The van der Waals surface area contributed by atoms with Gasteiger partial charge in [-0.15, -0.1) is 0 Å². The van der Waals surface area contributed by atoms with Crippen LogP contribution in [0.2, 0.25) is 25.2 Å². The molecular formula is C37H46F20N2O5Si. The molecule has 1 amide bonds. The third-order valence-corrected chi connectivity index (χ3v) is 13.1. The van der Waals surface area contributed by atoms with Crippen molar-refractivity contribution in [1.29, 1.82) is 0 Å². The van der Waals surface area contributed by atoms with Gasteiger partial charge in [0.1, 0.15) is 24.6 Å². The van der Waals surface area contributed by atoms with E-state index in [9.17, 15) is 102 Å². The van der Waals surface area contributed by atoms with Crippen molar-refractivity contribution >= 4 is 25.9 Å². The van der Waals surface area contributed by atoms with Crippen molar-refractivity contribution in [3.63, 3.8) is 0 Å². The molecule has 0 aliphatic carbocycles. The quantitative estimate of drug-likeness (QED) is 0.0576. The fraction of sp³-hybridized carbons (Fsp3) is 0.757. The van der Waals surface area contributed by atoms with E-state index in [2.05, 4.69) is 5.32 Å². The lowest BCUT2D eigenvalue weighted by atomic mass is 9.88. The Bertz CT molecular complexity index is 1720. The van der Waals surface area contributed by atoms with Crippen LogP contribution in [-0.2, 0) is 30.5 Å². The second-order valence-corrected chi connectivity index (χ2v) is 21.9. The van der Waals surface area contributed by atoms with Crippen molar-refractivity contribution in [2.75, 3.05) is 13.2 Å². The highest BCUT2D eigenvalue weighted by Crippen LogP contribution is 2.64. The molecule has 28 heteroatoms. The molecule has 0 aromatic heterocycles. The summed E-state index contributed by atoms with van der Waals surface area (Å²) in [5, 5.41) is 4.29. The minimum atomic E-state index is -8.74. The summed E-state index contributed by atoms with van der Waals surface area (Å²) in [5.74, 6) is -65.2. The summed E-state index contributed by atoms with van der Waals surface area (Å²) in [6.45, 7) is 6.25. The average Bonchev–Trinajstić information content (AvgIpc) is 3.13. The van der Waals surface area contributed by atoms with Gasteiger partial charge in [0.25, 0.3) is 0 Å². The number of carbonyl (C=O) groups excluding carboxylic acids is 3. The third kappa shape index (κ3) is 13.8. The first-order chi connectivity index (χ1) is 29.0. The SMILES string of the molecule is CC(C)C[C@H](NC[C@H](C(=O)N[C@H](C(=O)OCC[Si](C)(C)CCCC(F)(F)C(F)(F)C(F)(F)C(F)(F)C(F)(F)C(F)(F)C(F)(F)C(F)(F)F)C(C)C)C(F)(F)F)C(=O)OCc1ccccc1. The van der Waals surface area contributed by atoms with Gasteiger partial charge in [-0.05, 0) is 36.3 Å². The highest BCUT2D eigenvalue weighted by atomic mass is 28.3. The summed E-state index contributed by atoms with van der Waals surface area (Å²) in [6, 6.07) is 4.09. The Balaban J connectivity index is 3.03. The molecule has 1 aromatic carbocycles. The van der Waals surface area contributed by atoms with Gasteiger partial charge < -0.3 is 20.1 Å². The standard InChI is InChI=1S/C37H46F20N2O5Si/c1-20(2)17-24(27(61)64-19-22-11-8-7-9-12-22)58-18-23(30(40,41)42)26(60)59-25(21(3)4)28(62)63-14-16-65(5,6)15-10-13-29(38,39)31(43,44)32(45,46)33(47,48)34(49,50)35(51,52)36(53,54)37(55,56)57/h7-9,11-12,20-21,23-25,58H,10,13-19H2,1-6H3,(H,59,60)/t23-,24+,25+/m1/s1. The van der Waals surface area contributed by atoms with E-state index in [4.69, 9.17) is 9.47 Å². The molecule has 0 heterocycles. The molecule has 0 aliphatic rings. The van der Waals surface area contributed by atoms with E-state index in [-0.39, 0.29) is 25.0 Å². The first-order valence-electron chi connectivity index (χ1n) is 19.2. The van der Waals surface area contributed by atoms with E-state index in [1.165, 1.54) is 26.9 Å². The van der Waals surface area contributed by atoms with Crippen LogP contribution < -0.4 is 10.6 Å². The second-order valence-electron chi connectivity index (χ2n) is 16.6. The number of rotatable bonds is 25. The Hall–Kier alpha value is -3.59. The molecule has 0 spiro atoms. The minimum absolute atomic E-state index is 0.0157. The molecule has 0 fully saturated rings. The van der Waals surface area contributed by atoms with Crippen LogP contribution in [0.4, 0.5) is 87.8 Å². The Kier molecular flexibility index (Phi) is 19.3. The van der Waals surface area contributed by atoms with Gasteiger partial charge in [0.2, 0.25) is 5.91 Å². The predicted octanol–water partition coefficient (Wildman–Crippen LogP) is 11.1. The van der Waals surface area contributed by atoms with Crippen LogP contribution >= 0.6 is 0 Å². The number of benzene rings is 1.